The van der Waals surface area contributed by atoms with Gasteiger partial charge in [0.2, 0.25) is 5.91 Å². The van der Waals surface area contributed by atoms with Gasteiger partial charge < -0.3 is 11.5 Å². The van der Waals surface area contributed by atoms with Crippen LogP contribution in [0, 0.1) is 0 Å². The molecular weight excluding hydrogens is 246 g/mol. The third kappa shape index (κ3) is 2.58. The van der Waals surface area contributed by atoms with Crippen molar-refractivity contribution in [3.8, 4) is 0 Å². The highest BCUT2D eigenvalue weighted by Gasteiger charge is 2.37. The van der Waals surface area contributed by atoms with Crippen LogP contribution in [0.25, 0.3) is 0 Å². The molecule has 0 saturated carbocycles. The van der Waals surface area contributed by atoms with Crippen LogP contribution < -0.4 is 11.5 Å². The Morgan fingerprint density at radius 3 is 3.00 bits per heavy atom. The van der Waals surface area contributed by atoms with Gasteiger partial charge in [-0.05, 0) is 48.2 Å². The molecule has 3 unspecified atom stereocenters. The van der Waals surface area contributed by atoms with Crippen LogP contribution >= 0.6 is 11.3 Å². The molecule has 0 aliphatic carbocycles. The third-order valence-corrected chi connectivity index (χ3v) is 4.44. The number of amides is 1. The molecular formula is C13H21N3OS. The smallest absolute Gasteiger partial charge is 0.234 e. The van der Waals surface area contributed by atoms with Crippen molar-refractivity contribution >= 4 is 17.2 Å². The van der Waals surface area contributed by atoms with Crippen LogP contribution in [-0.2, 0) is 4.79 Å². The molecule has 5 heteroatoms. The van der Waals surface area contributed by atoms with Crippen LogP contribution in [0.3, 0.4) is 0 Å². The van der Waals surface area contributed by atoms with Gasteiger partial charge in [0.1, 0.15) is 0 Å². The SMILES string of the molecule is CCC(N)C(c1ccsc1)N1CCCC1C(N)=O. The second-order valence-electron chi connectivity index (χ2n) is 4.87. The Labute approximate surface area is 112 Å². The quantitative estimate of drug-likeness (QED) is 0.848. The summed E-state index contributed by atoms with van der Waals surface area (Å²) in [5, 5.41) is 4.18. The van der Waals surface area contributed by atoms with E-state index in [1.54, 1.807) is 11.3 Å². The summed E-state index contributed by atoms with van der Waals surface area (Å²) in [7, 11) is 0. The van der Waals surface area contributed by atoms with Crippen molar-refractivity contribution in [2.45, 2.75) is 44.3 Å². The van der Waals surface area contributed by atoms with Crippen molar-refractivity contribution in [3.63, 3.8) is 0 Å². The minimum absolute atomic E-state index is 0.0412. The summed E-state index contributed by atoms with van der Waals surface area (Å²) in [5.74, 6) is -0.226. The van der Waals surface area contributed by atoms with Gasteiger partial charge in [-0.2, -0.15) is 11.3 Å². The number of primary amides is 1. The van der Waals surface area contributed by atoms with E-state index in [2.05, 4.69) is 28.7 Å². The van der Waals surface area contributed by atoms with E-state index in [1.165, 1.54) is 5.56 Å². The molecule has 0 aromatic carbocycles. The standard InChI is InChI=1S/C13H21N3OS/c1-2-10(14)12(9-5-7-18-8-9)16-6-3-4-11(16)13(15)17/h5,7-8,10-12H,2-4,6,14H2,1H3,(H2,15,17). The number of carbonyl (C=O) groups is 1. The van der Waals surface area contributed by atoms with Crippen molar-refractivity contribution in [3.05, 3.63) is 22.4 Å². The summed E-state index contributed by atoms with van der Waals surface area (Å²) in [4.78, 5) is 13.7. The maximum Gasteiger partial charge on any atom is 0.234 e. The lowest BCUT2D eigenvalue weighted by atomic mass is 9.98. The Balaban J connectivity index is 2.26. The lowest BCUT2D eigenvalue weighted by Gasteiger charge is -2.35. The zero-order valence-electron chi connectivity index (χ0n) is 10.7. The highest BCUT2D eigenvalue weighted by Crippen LogP contribution is 2.33. The highest BCUT2D eigenvalue weighted by atomic mass is 32.1. The fourth-order valence-electron chi connectivity index (χ4n) is 2.78. The number of carbonyl (C=O) groups excluding carboxylic acids is 1. The summed E-state index contributed by atoms with van der Waals surface area (Å²) in [6, 6.07) is 2.09. The van der Waals surface area contributed by atoms with Gasteiger partial charge >= 0.3 is 0 Å². The number of thiophene rings is 1. The zero-order valence-corrected chi connectivity index (χ0v) is 11.5. The van der Waals surface area contributed by atoms with Gasteiger partial charge in [0.25, 0.3) is 0 Å². The Morgan fingerprint density at radius 2 is 2.44 bits per heavy atom. The molecule has 100 valence electrons. The Morgan fingerprint density at radius 1 is 1.67 bits per heavy atom. The number of rotatable bonds is 5. The topological polar surface area (TPSA) is 72.3 Å². The molecule has 1 aromatic heterocycles. The molecule has 3 atom stereocenters. The predicted octanol–water partition coefficient (Wildman–Crippen LogP) is 1.48. The molecule has 18 heavy (non-hydrogen) atoms. The molecule has 0 bridgehead atoms. The average Bonchev–Trinajstić information content (AvgIpc) is 2.99. The Kier molecular flexibility index (Phi) is 4.37. The molecule has 0 spiro atoms. The van der Waals surface area contributed by atoms with Crippen LogP contribution in [-0.4, -0.2) is 29.4 Å². The Bertz CT molecular complexity index is 393. The first-order valence-corrected chi connectivity index (χ1v) is 7.42. The second-order valence-corrected chi connectivity index (χ2v) is 5.65. The molecule has 4 N–H and O–H groups in total. The first-order valence-electron chi connectivity index (χ1n) is 6.48. The maximum atomic E-state index is 11.5. The van der Waals surface area contributed by atoms with Gasteiger partial charge in [0.05, 0.1) is 12.1 Å². The average molecular weight is 267 g/mol. The number of nitrogens with two attached hydrogens (primary N) is 2. The lowest BCUT2D eigenvalue weighted by molar-refractivity contribution is -0.123. The number of nitrogens with zero attached hydrogens (tertiary/aromatic N) is 1. The van der Waals surface area contributed by atoms with E-state index in [0.29, 0.717) is 0 Å². The fourth-order valence-corrected chi connectivity index (χ4v) is 3.47. The van der Waals surface area contributed by atoms with E-state index in [4.69, 9.17) is 11.5 Å². The summed E-state index contributed by atoms with van der Waals surface area (Å²) >= 11 is 1.67. The van der Waals surface area contributed by atoms with E-state index in [9.17, 15) is 4.79 Å². The zero-order chi connectivity index (χ0) is 13.1. The summed E-state index contributed by atoms with van der Waals surface area (Å²) in [5.41, 5.74) is 13.0. The van der Waals surface area contributed by atoms with E-state index in [1.807, 2.05) is 0 Å². The minimum Gasteiger partial charge on any atom is -0.368 e. The van der Waals surface area contributed by atoms with Crippen LogP contribution in [0.15, 0.2) is 16.8 Å². The van der Waals surface area contributed by atoms with Gasteiger partial charge in [-0.15, -0.1) is 0 Å². The van der Waals surface area contributed by atoms with Crippen molar-refractivity contribution in [2.24, 2.45) is 11.5 Å². The van der Waals surface area contributed by atoms with E-state index in [-0.39, 0.29) is 24.0 Å². The molecule has 1 aromatic rings. The first kappa shape index (κ1) is 13.5. The van der Waals surface area contributed by atoms with Crippen molar-refractivity contribution in [1.82, 2.24) is 4.90 Å². The molecule has 1 saturated heterocycles. The molecule has 2 heterocycles. The normalized spacial score (nSPS) is 24.0. The monoisotopic (exact) mass is 267 g/mol. The van der Waals surface area contributed by atoms with Gasteiger partial charge in [-0.25, -0.2) is 0 Å². The molecule has 1 amide bonds. The van der Waals surface area contributed by atoms with Crippen molar-refractivity contribution in [2.75, 3.05) is 6.54 Å². The number of hydrogen-bond donors (Lipinski definition) is 2. The predicted molar refractivity (Wildman–Crippen MR) is 74.2 cm³/mol. The van der Waals surface area contributed by atoms with Crippen LogP contribution in [0.4, 0.5) is 0 Å². The first-order chi connectivity index (χ1) is 8.65. The maximum absolute atomic E-state index is 11.5. The van der Waals surface area contributed by atoms with Gasteiger partial charge in [-0.3, -0.25) is 9.69 Å². The number of likely N-dealkylation sites (tertiary alicyclic amines) is 1. The van der Waals surface area contributed by atoms with E-state index < -0.39 is 0 Å². The highest BCUT2D eigenvalue weighted by molar-refractivity contribution is 7.07. The summed E-state index contributed by atoms with van der Waals surface area (Å²) in [6.45, 7) is 2.99. The minimum atomic E-state index is -0.226. The molecule has 0 radical (unpaired) electrons. The summed E-state index contributed by atoms with van der Waals surface area (Å²) in [6.07, 6.45) is 2.76. The van der Waals surface area contributed by atoms with E-state index >= 15 is 0 Å². The second kappa shape index (κ2) is 5.82. The molecule has 4 nitrogen and oxygen atoms in total. The van der Waals surface area contributed by atoms with Crippen LogP contribution in [0.1, 0.15) is 37.8 Å². The van der Waals surface area contributed by atoms with E-state index in [0.717, 1.165) is 25.8 Å². The molecule has 2 rings (SSSR count). The lowest BCUT2D eigenvalue weighted by Crippen LogP contribution is -2.47. The van der Waals surface area contributed by atoms with Crippen LogP contribution in [0.2, 0.25) is 0 Å². The molecule has 1 aliphatic heterocycles. The summed E-state index contributed by atoms with van der Waals surface area (Å²) < 4.78 is 0. The fraction of sp³-hybridized carbons (Fsp3) is 0.615. The number of hydrogen-bond acceptors (Lipinski definition) is 4. The van der Waals surface area contributed by atoms with Gasteiger partial charge in [0, 0.05) is 6.04 Å². The van der Waals surface area contributed by atoms with Gasteiger partial charge in [0.15, 0.2) is 0 Å². The van der Waals surface area contributed by atoms with Crippen LogP contribution in [0.5, 0.6) is 0 Å². The largest absolute Gasteiger partial charge is 0.368 e. The van der Waals surface area contributed by atoms with Crippen molar-refractivity contribution < 1.29 is 4.79 Å². The molecule has 1 aliphatic rings. The third-order valence-electron chi connectivity index (χ3n) is 3.74. The Hall–Kier alpha value is -0.910. The van der Waals surface area contributed by atoms with Crippen molar-refractivity contribution in [1.29, 1.82) is 0 Å². The molecule has 1 fully saturated rings. The van der Waals surface area contributed by atoms with Gasteiger partial charge in [-0.1, -0.05) is 6.92 Å².